The van der Waals surface area contributed by atoms with Crippen LogP contribution in [-0.2, 0) is 4.79 Å². The van der Waals surface area contributed by atoms with E-state index >= 15 is 0 Å². The smallest absolute Gasteiger partial charge is 0.243 e. The van der Waals surface area contributed by atoms with E-state index in [1.54, 1.807) is 6.92 Å². The van der Waals surface area contributed by atoms with Crippen LogP contribution >= 0.6 is 22.9 Å². The van der Waals surface area contributed by atoms with E-state index in [0.29, 0.717) is 11.0 Å². The van der Waals surface area contributed by atoms with Crippen LogP contribution in [0.25, 0.3) is 10.2 Å². The summed E-state index contributed by atoms with van der Waals surface area (Å²) in [5, 5.41) is 2.78. The first-order valence-electron chi connectivity index (χ1n) is 6.36. The standard InChI is InChI=1S/C14H17ClN2OS/c1-4-8(2)10-5-6-11-12(7-10)19-14(16-11)17-13(18)9(3)15/h5-9H,4H2,1-3H3,(H,16,17,18)/t8-,9-/m0/s1. The Morgan fingerprint density at radius 1 is 1.47 bits per heavy atom. The van der Waals surface area contributed by atoms with Crippen LogP contribution < -0.4 is 5.32 Å². The minimum atomic E-state index is -0.553. The van der Waals surface area contributed by atoms with Crippen LogP contribution in [0.5, 0.6) is 0 Å². The number of rotatable bonds is 4. The van der Waals surface area contributed by atoms with Gasteiger partial charge >= 0.3 is 0 Å². The molecular weight excluding hydrogens is 280 g/mol. The van der Waals surface area contributed by atoms with Gasteiger partial charge in [0.25, 0.3) is 0 Å². The van der Waals surface area contributed by atoms with E-state index in [9.17, 15) is 4.79 Å². The van der Waals surface area contributed by atoms with Gasteiger partial charge in [0.15, 0.2) is 5.13 Å². The highest BCUT2D eigenvalue weighted by Crippen LogP contribution is 2.30. The molecule has 3 nitrogen and oxygen atoms in total. The van der Waals surface area contributed by atoms with Gasteiger partial charge in [-0.15, -0.1) is 11.6 Å². The molecule has 102 valence electrons. The summed E-state index contributed by atoms with van der Waals surface area (Å²) in [6, 6.07) is 6.26. The number of alkyl halides is 1. The molecule has 0 aliphatic carbocycles. The van der Waals surface area contributed by atoms with Crippen molar-refractivity contribution < 1.29 is 4.79 Å². The van der Waals surface area contributed by atoms with Crippen LogP contribution in [0, 0.1) is 0 Å². The van der Waals surface area contributed by atoms with Crippen LogP contribution in [0.2, 0.25) is 0 Å². The predicted octanol–water partition coefficient (Wildman–Crippen LogP) is 4.38. The number of halogens is 1. The normalized spacial score (nSPS) is 14.3. The molecule has 0 saturated heterocycles. The summed E-state index contributed by atoms with van der Waals surface area (Å²) in [5.74, 6) is 0.315. The van der Waals surface area contributed by atoms with Gasteiger partial charge in [0.2, 0.25) is 5.91 Å². The van der Waals surface area contributed by atoms with E-state index in [1.165, 1.54) is 16.9 Å². The van der Waals surface area contributed by atoms with Gasteiger partial charge in [0.1, 0.15) is 5.38 Å². The summed E-state index contributed by atoms with van der Waals surface area (Å²) in [5.41, 5.74) is 2.22. The molecule has 2 rings (SSSR count). The molecule has 0 aliphatic heterocycles. The molecule has 0 spiro atoms. The number of carbonyl (C=O) groups excluding carboxylic acids is 1. The third-order valence-electron chi connectivity index (χ3n) is 3.19. The van der Waals surface area contributed by atoms with Gasteiger partial charge in [-0.1, -0.05) is 31.3 Å². The number of anilines is 1. The lowest BCUT2D eigenvalue weighted by Gasteiger charge is -2.07. The lowest BCUT2D eigenvalue weighted by molar-refractivity contribution is -0.115. The Morgan fingerprint density at radius 3 is 2.84 bits per heavy atom. The molecule has 0 aliphatic rings. The number of hydrogen-bond acceptors (Lipinski definition) is 3. The molecule has 0 saturated carbocycles. The number of nitrogens with zero attached hydrogens (tertiary/aromatic N) is 1. The molecule has 1 aromatic carbocycles. The zero-order valence-electron chi connectivity index (χ0n) is 11.2. The van der Waals surface area contributed by atoms with E-state index in [0.717, 1.165) is 16.6 Å². The van der Waals surface area contributed by atoms with Crippen molar-refractivity contribution in [2.45, 2.75) is 38.5 Å². The molecule has 5 heteroatoms. The number of fused-ring (bicyclic) bond motifs is 1. The summed E-state index contributed by atoms with van der Waals surface area (Å²) in [4.78, 5) is 15.9. The van der Waals surface area contributed by atoms with E-state index in [-0.39, 0.29) is 5.91 Å². The zero-order valence-corrected chi connectivity index (χ0v) is 12.8. The minimum absolute atomic E-state index is 0.220. The van der Waals surface area contributed by atoms with Crippen LogP contribution in [0.15, 0.2) is 18.2 Å². The summed E-state index contributed by atoms with van der Waals surface area (Å²) in [6.07, 6.45) is 1.11. The SMILES string of the molecule is CC[C@H](C)c1ccc2nc(NC(=O)[C@H](C)Cl)sc2c1. The number of benzene rings is 1. The van der Waals surface area contributed by atoms with Crippen molar-refractivity contribution in [2.24, 2.45) is 0 Å². The molecule has 2 aromatic rings. The number of nitrogens with one attached hydrogen (secondary N) is 1. The second kappa shape index (κ2) is 5.88. The highest BCUT2D eigenvalue weighted by Gasteiger charge is 2.13. The van der Waals surface area contributed by atoms with Gasteiger partial charge < -0.3 is 5.32 Å². The zero-order chi connectivity index (χ0) is 14.0. The molecule has 2 atom stereocenters. The van der Waals surface area contributed by atoms with Gasteiger partial charge in [0, 0.05) is 0 Å². The van der Waals surface area contributed by atoms with Crippen LogP contribution in [0.1, 0.15) is 38.7 Å². The van der Waals surface area contributed by atoms with Gasteiger partial charge in [-0.25, -0.2) is 4.98 Å². The lowest BCUT2D eigenvalue weighted by atomic mass is 9.99. The molecule has 19 heavy (non-hydrogen) atoms. The summed E-state index contributed by atoms with van der Waals surface area (Å²) in [7, 11) is 0. The second-order valence-electron chi connectivity index (χ2n) is 4.66. The molecule has 0 unspecified atom stereocenters. The van der Waals surface area contributed by atoms with Crippen molar-refractivity contribution in [1.29, 1.82) is 0 Å². The first kappa shape index (κ1) is 14.3. The van der Waals surface area contributed by atoms with Gasteiger partial charge in [-0.2, -0.15) is 0 Å². The fourth-order valence-electron chi connectivity index (χ4n) is 1.74. The second-order valence-corrected chi connectivity index (χ2v) is 6.35. The summed E-state index contributed by atoms with van der Waals surface area (Å²) >= 11 is 7.21. The molecule has 1 amide bonds. The predicted molar refractivity (Wildman–Crippen MR) is 82.3 cm³/mol. The first-order valence-corrected chi connectivity index (χ1v) is 7.62. The molecule has 0 fully saturated rings. The van der Waals surface area contributed by atoms with Crippen molar-refractivity contribution in [3.63, 3.8) is 0 Å². The Bertz CT molecular complexity index is 594. The van der Waals surface area contributed by atoms with E-state index in [4.69, 9.17) is 11.6 Å². The Balaban J connectivity index is 2.28. The maximum atomic E-state index is 11.5. The fraction of sp³-hybridized carbons (Fsp3) is 0.429. The number of carbonyl (C=O) groups is 1. The van der Waals surface area contributed by atoms with Crippen LogP contribution in [0.4, 0.5) is 5.13 Å². The van der Waals surface area contributed by atoms with Crippen molar-refractivity contribution >= 4 is 44.2 Å². The quantitative estimate of drug-likeness (QED) is 0.851. The molecule has 1 heterocycles. The number of aromatic nitrogens is 1. The van der Waals surface area contributed by atoms with Gasteiger partial charge in [-0.05, 0) is 37.0 Å². The van der Waals surface area contributed by atoms with Gasteiger partial charge in [-0.3, -0.25) is 4.79 Å². The van der Waals surface area contributed by atoms with Gasteiger partial charge in [0.05, 0.1) is 10.2 Å². The maximum Gasteiger partial charge on any atom is 0.243 e. The van der Waals surface area contributed by atoms with Crippen molar-refractivity contribution in [2.75, 3.05) is 5.32 Å². The highest BCUT2D eigenvalue weighted by atomic mass is 35.5. The topological polar surface area (TPSA) is 42.0 Å². The third kappa shape index (κ3) is 3.25. The monoisotopic (exact) mass is 296 g/mol. The van der Waals surface area contributed by atoms with Crippen LogP contribution in [-0.4, -0.2) is 16.3 Å². The van der Waals surface area contributed by atoms with Crippen LogP contribution in [0.3, 0.4) is 0 Å². The summed E-state index contributed by atoms with van der Waals surface area (Å²) in [6.45, 7) is 6.03. The molecule has 0 radical (unpaired) electrons. The number of amides is 1. The fourth-order valence-corrected chi connectivity index (χ4v) is 2.71. The van der Waals surface area contributed by atoms with E-state index < -0.39 is 5.38 Å². The third-order valence-corrected chi connectivity index (χ3v) is 4.32. The number of thiazole rings is 1. The lowest BCUT2D eigenvalue weighted by Crippen LogP contribution is -2.19. The number of hydrogen-bond donors (Lipinski definition) is 1. The highest BCUT2D eigenvalue weighted by molar-refractivity contribution is 7.22. The largest absolute Gasteiger partial charge is 0.301 e. The Kier molecular flexibility index (Phi) is 4.42. The minimum Gasteiger partial charge on any atom is -0.301 e. The molecular formula is C14H17ClN2OS. The molecule has 0 bridgehead atoms. The average Bonchev–Trinajstić information content (AvgIpc) is 2.78. The Morgan fingerprint density at radius 2 is 2.21 bits per heavy atom. The molecule has 1 aromatic heterocycles. The Hall–Kier alpha value is -1.13. The van der Waals surface area contributed by atoms with Crippen molar-refractivity contribution in [1.82, 2.24) is 4.98 Å². The van der Waals surface area contributed by atoms with E-state index in [2.05, 4.69) is 36.3 Å². The molecule has 1 N–H and O–H groups in total. The first-order chi connectivity index (χ1) is 9.01. The van der Waals surface area contributed by atoms with E-state index in [1.807, 2.05) is 6.07 Å². The maximum absolute atomic E-state index is 11.5. The average molecular weight is 297 g/mol. The van der Waals surface area contributed by atoms with Crippen molar-refractivity contribution in [3.05, 3.63) is 23.8 Å². The summed E-state index contributed by atoms with van der Waals surface area (Å²) < 4.78 is 1.09. The Labute approximate surface area is 122 Å². The van der Waals surface area contributed by atoms with Crippen molar-refractivity contribution in [3.8, 4) is 0 Å².